The van der Waals surface area contributed by atoms with Gasteiger partial charge >= 0.3 is 0 Å². The Balaban J connectivity index is 2.48. The fourth-order valence-electron chi connectivity index (χ4n) is 1.76. The first kappa shape index (κ1) is 13.7. The van der Waals surface area contributed by atoms with Gasteiger partial charge in [0, 0.05) is 12.1 Å². The van der Waals surface area contributed by atoms with Crippen molar-refractivity contribution in [1.29, 1.82) is 0 Å². The van der Waals surface area contributed by atoms with Crippen molar-refractivity contribution in [3.05, 3.63) is 35.4 Å². The zero-order chi connectivity index (χ0) is 12.8. The van der Waals surface area contributed by atoms with Crippen LogP contribution in [0, 0.1) is 12.8 Å². The van der Waals surface area contributed by atoms with E-state index < -0.39 is 6.10 Å². The fraction of sp³-hybridized carbons (Fsp3) is 0.500. The van der Waals surface area contributed by atoms with Crippen LogP contribution in [0.3, 0.4) is 0 Å². The molecular weight excluding hydrogens is 214 g/mol. The highest BCUT2D eigenvalue weighted by atomic mass is 16.3. The zero-order valence-corrected chi connectivity index (χ0v) is 10.7. The van der Waals surface area contributed by atoms with Crippen LogP contribution in [-0.4, -0.2) is 23.7 Å². The van der Waals surface area contributed by atoms with Crippen molar-refractivity contribution in [3.8, 4) is 0 Å². The lowest BCUT2D eigenvalue weighted by Gasteiger charge is -2.14. The Bertz CT molecular complexity index is 374. The molecule has 0 radical (unpaired) electrons. The number of nitrogens with one attached hydrogen (secondary N) is 1. The fourth-order valence-corrected chi connectivity index (χ4v) is 1.76. The van der Waals surface area contributed by atoms with Crippen LogP contribution in [0.2, 0.25) is 0 Å². The second-order valence-corrected chi connectivity index (χ2v) is 4.81. The summed E-state index contributed by atoms with van der Waals surface area (Å²) in [4.78, 5) is 11.8. The molecular formula is C14H21NO2. The van der Waals surface area contributed by atoms with E-state index in [1.54, 1.807) is 6.07 Å². The third-order valence-electron chi connectivity index (χ3n) is 2.63. The Hall–Kier alpha value is -1.35. The van der Waals surface area contributed by atoms with Gasteiger partial charge in [-0.3, -0.25) is 4.79 Å². The summed E-state index contributed by atoms with van der Waals surface area (Å²) in [6.45, 7) is 6.31. The number of rotatable bonds is 5. The largest absolute Gasteiger partial charge is 0.391 e. The average molecular weight is 235 g/mol. The molecule has 3 heteroatoms. The van der Waals surface area contributed by atoms with Crippen LogP contribution in [0.1, 0.15) is 36.2 Å². The van der Waals surface area contributed by atoms with E-state index in [9.17, 15) is 9.90 Å². The predicted octanol–water partition coefficient (Wildman–Crippen LogP) is 2.13. The second-order valence-electron chi connectivity index (χ2n) is 4.81. The topological polar surface area (TPSA) is 49.3 Å². The normalized spacial score (nSPS) is 12.5. The van der Waals surface area contributed by atoms with E-state index >= 15 is 0 Å². The van der Waals surface area contributed by atoms with Crippen LogP contribution in [0.25, 0.3) is 0 Å². The van der Waals surface area contributed by atoms with Crippen molar-refractivity contribution in [2.45, 2.75) is 33.3 Å². The molecule has 0 aliphatic carbocycles. The maximum atomic E-state index is 11.8. The van der Waals surface area contributed by atoms with Gasteiger partial charge in [0.15, 0.2) is 0 Å². The first-order valence-electron chi connectivity index (χ1n) is 6.02. The third kappa shape index (κ3) is 4.57. The number of aryl methyl sites for hydroxylation is 1. The highest BCUT2D eigenvalue weighted by Gasteiger charge is 2.11. The quantitative estimate of drug-likeness (QED) is 0.821. The number of hydrogen-bond donors (Lipinski definition) is 2. The molecule has 1 amide bonds. The molecule has 17 heavy (non-hydrogen) atoms. The highest BCUT2D eigenvalue weighted by molar-refractivity contribution is 5.95. The number of hydrogen-bond acceptors (Lipinski definition) is 2. The third-order valence-corrected chi connectivity index (χ3v) is 2.63. The predicted molar refractivity (Wildman–Crippen MR) is 69.0 cm³/mol. The molecule has 2 N–H and O–H groups in total. The van der Waals surface area contributed by atoms with Gasteiger partial charge in [-0.15, -0.1) is 0 Å². The summed E-state index contributed by atoms with van der Waals surface area (Å²) in [6.07, 6.45) is 0.233. The van der Waals surface area contributed by atoms with Crippen LogP contribution in [0.5, 0.6) is 0 Å². The van der Waals surface area contributed by atoms with E-state index in [2.05, 4.69) is 5.32 Å². The molecule has 0 fully saturated rings. The standard InChI is InChI=1S/C14H21NO2/c1-10(2)8-12(16)9-15-14(17)13-7-5-4-6-11(13)3/h4-7,10,12,16H,8-9H2,1-3H3,(H,15,17). The van der Waals surface area contributed by atoms with Gasteiger partial charge in [-0.1, -0.05) is 32.0 Å². The van der Waals surface area contributed by atoms with Crippen LogP contribution in [0.15, 0.2) is 24.3 Å². The summed E-state index contributed by atoms with van der Waals surface area (Å²) < 4.78 is 0. The van der Waals surface area contributed by atoms with Crippen molar-refractivity contribution in [2.75, 3.05) is 6.54 Å². The van der Waals surface area contributed by atoms with Crippen molar-refractivity contribution in [1.82, 2.24) is 5.32 Å². The van der Waals surface area contributed by atoms with E-state index in [1.165, 1.54) is 0 Å². The minimum Gasteiger partial charge on any atom is -0.391 e. The SMILES string of the molecule is Cc1ccccc1C(=O)NCC(O)CC(C)C. The molecule has 0 saturated heterocycles. The summed E-state index contributed by atoms with van der Waals surface area (Å²) in [6, 6.07) is 7.44. The Labute approximate surface area is 103 Å². The van der Waals surface area contributed by atoms with Crippen LogP contribution in [0.4, 0.5) is 0 Å². The first-order chi connectivity index (χ1) is 8.00. The van der Waals surface area contributed by atoms with Crippen LogP contribution >= 0.6 is 0 Å². The summed E-state index contributed by atoms with van der Waals surface area (Å²) in [5, 5.41) is 12.4. The Kier molecular flexibility index (Phi) is 5.16. The lowest BCUT2D eigenvalue weighted by atomic mass is 10.1. The van der Waals surface area contributed by atoms with Crippen molar-refractivity contribution < 1.29 is 9.90 Å². The van der Waals surface area contributed by atoms with Gasteiger partial charge in [-0.25, -0.2) is 0 Å². The number of benzene rings is 1. The molecule has 1 aromatic rings. The number of aliphatic hydroxyl groups is 1. The number of amides is 1. The summed E-state index contributed by atoms with van der Waals surface area (Å²) in [7, 11) is 0. The first-order valence-corrected chi connectivity index (χ1v) is 6.02. The lowest BCUT2D eigenvalue weighted by molar-refractivity contribution is 0.0899. The highest BCUT2D eigenvalue weighted by Crippen LogP contribution is 2.07. The molecule has 0 aliphatic rings. The second kappa shape index (κ2) is 6.40. The van der Waals surface area contributed by atoms with Gasteiger partial charge in [0.25, 0.3) is 5.91 Å². The molecule has 0 aromatic heterocycles. The van der Waals surface area contributed by atoms with Crippen molar-refractivity contribution >= 4 is 5.91 Å². The van der Waals surface area contributed by atoms with E-state index in [0.717, 1.165) is 5.56 Å². The smallest absolute Gasteiger partial charge is 0.251 e. The summed E-state index contributed by atoms with van der Waals surface area (Å²) in [5.41, 5.74) is 1.62. The van der Waals surface area contributed by atoms with Crippen LogP contribution < -0.4 is 5.32 Å². The van der Waals surface area contributed by atoms with E-state index in [4.69, 9.17) is 0 Å². The monoisotopic (exact) mass is 235 g/mol. The molecule has 3 nitrogen and oxygen atoms in total. The molecule has 1 rings (SSSR count). The van der Waals surface area contributed by atoms with Gasteiger partial charge in [-0.2, -0.15) is 0 Å². The van der Waals surface area contributed by atoms with Gasteiger partial charge in [0.2, 0.25) is 0 Å². The van der Waals surface area contributed by atoms with Gasteiger partial charge in [0.05, 0.1) is 6.10 Å². The van der Waals surface area contributed by atoms with E-state index in [1.807, 2.05) is 39.0 Å². The molecule has 94 valence electrons. The molecule has 0 saturated carbocycles. The molecule has 0 spiro atoms. The molecule has 1 unspecified atom stereocenters. The number of aliphatic hydroxyl groups excluding tert-OH is 1. The molecule has 0 heterocycles. The molecule has 0 bridgehead atoms. The van der Waals surface area contributed by atoms with Gasteiger partial charge in [0.1, 0.15) is 0 Å². The van der Waals surface area contributed by atoms with E-state index in [0.29, 0.717) is 24.4 Å². The van der Waals surface area contributed by atoms with Gasteiger partial charge < -0.3 is 10.4 Å². The van der Waals surface area contributed by atoms with E-state index in [-0.39, 0.29) is 5.91 Å². The molecule has 1 aromatic carbocycles. The summed E-state index contributed by atoms with van der Waals surface area (Å²) >= 11 is 0. The number of carbonyl (C=O) groups is 1. The zero-order valence-electron chi connectivity index (χ0n) is 10.7. The Morgan fingerprint density at radius 1 is 1.35 bits per heavy atom. The molecule has 1 atom stereocenters. The van der Waals surface area contributed by atoms with Crippen molar-refractivity contribution in [2.24, 2.45) is 5.92 Å². The minimum atomic E-state index is -0.469. The van der Waals surface area contributed by atoms with Gasteiger partial charge in [-0.05, 0) is 30.9 Å². The molecule has 0 aliphatic heterocycles. The van der Waals surface area contributed by atoms with Crippen molar-refractivity contribution in [3.63, 3.8) is 0 Å². The Morgan fingerprint density at radius 2 is 2.00 bits per heavy atom. The average Bonchev–Trinajstić information content (AvgIpc) is 2.25. The minimum absolute atomic E-state index is 0.120. The summed E-state index contributed by atoms with van der Waals surface area (Å²) in [5.74, 6) is 0.311. The lowest BCUT2D eigenvalue weighted by Crippen LogP contribution is -2.33. The Morgan fingerprint density at radius 3 is 2.59 bits per heavy atom. The van der Waals surface area contributed by atoms with Crippen LogP contribution in [-0.2, 0) is 0 Å². The number of carbonyl (C=O) groups excluding carboxylic acids is 1. The maximum Gasteiger partial charge on any atom is 0.251 e. The maximum absolute atomic E-state index is 11.8.